The van der Waals surface area contributed by atoms with E-state index in [1.807, 2.05) is 56.7 Å². The molecule has 5 heterocycles. The van der Waals surface area contributed by atoms with Gasteiger partial charge in [0, 0.05) is 134 Å². The minimum atomic E-state index is 1.10. The van der Waals surface area contributed by atoms with Crippen LogP contribution in [0.3, 0.4) is 0 Å². The zero-order valence-electron chi connectivity index (χ0n) is 72.7. The van der Waals surface area contributed by atoms with E-state index in [0.29, 0.717) is 0 Å². The lowest BCUT2D eigenvalue weighted by molar-refractivity contribution is 1.58. The van der Waals surface area contributed by atoms with E-state index in [4.69, 9.17) is 0 Å². The molecule has 0 fully saturated rings. The van der Waals surface area contributed by atoms with Crippen molar-refractivity contribution in [2.24, 2.45) is 0 Å². The standard InChI is InChI=1S/2C28H17BrS.C26H15BrS.2C22H13BrS/c29-22-14-12-18(13-15-22)19-7-5-8-20(16-19)25-17-21-6-1-2-9-23(21)27-24-10-3-4-11-26(24)30-28(25)27;29-22-16-20(18-7-2-1-3-8-18)15-21(17-22)24-11-6-12-25-26-14-13-19-9-4-5-10-23(19)27(26)30-28(24)25;27-20-12-11-16-13-19(10-9-17(16)14-20)23-15-18-5-1-2-6-21(18)25-22-7-3-4-8-24(22)28-26(23)25;23-15-11-9-14(10-12-15)19-13-21-22(17-6-2-1-5-16(17)19)18-7-3-4-8-20(18)24-21;23-16-11-8-15(9-12-16)18-6-3-7-19-20-13-10-14-4-1-2-5-17(14)22(20)24-21(18)19/h2*1-17H;1-15H;2*1-13H. The molecule has 0 amide bonds. The van der Waals surface area contributed by atoms with Gasteiger partial charge in [-0.2, -0.15) is 0 Å². The van der Waals surface area contributed by atoms with Crippen molar-refractivity contribution in [2.45, 2.75) is 0 Å². The largest absolute Gasteiger partial charge is 0.135 e. The normalized spacial score (nSPS) is 11.6. The lowest BCUT2D eigenvalue weighted by Gasteiger charge is -2.10. The average molecular weight is 2150 g/mol. The van der Waals surface area contributed by atoms with Crippen molar-refractivity contribution in [3.8, 4) is 77.9 Å². The molecule has 0 bridgehead atoms. The number of fused-ring (bicyclic) bond motifs is 26. The molecule has 0 nitrogen and oxygen atoms in total. The van der Waals surface area contributed by atoms with Gasteiger partial charge >= 0.3 is 0 Å². The molecular weight excluding hydrogens is 2070 g/mol. The number of thiophene rings is 5. The first-order valence-electron chi connectivity index (χ1n) is 45.1. The fraction of sp³-hybridized carbons (Fsp3) is 0. The van der Waals surface area contributed by atoms with Crippen LogP contribution in [-0.4, -0.2) is 0 Å². The molecular formula is C126H75Br5S5. The summed E-state index contributed by atoms with van der Waals surface area (Å²) in [6.45, 7) is 0. The number of rotatable bonds is 7. The van der Waals surface area contributed by atoms with Crippen LogP contribution in [0.4, 0.5) is 0 Å². The van der Waals surface area contributed by atoms with Gasteiger partial charge in [0.2, 0.25) is 0 Å². The predicted octanol–water partition coefficient (Wildman–Crippen LogP) is 42.7. The maximum atomic E-state index is 3.74. The Bertz CT molecular complexity index is 9560. The Morgan fingerprint density at radius 2 is 0.485 bits per heavy atom. The van der Waals surface area contributed by atoms with Crippen LogP contribution in [0.25, 0.3) is 243 Å². The molecule has 0 aliphatic heterocycles. The molecule has 10 heteroatoms. The molecule has 136 heavy (non-hydrogen) atoms. The summed E-state index contributed by atoms with van der Waals surface area (Å²) in [4.78, 5) is 0. The molecule has 5 aromatic heterocycles. The maximum Gasteiger partial charge on any atom is 0.0440 e. The lowest BCUT2D eigenvalue weighted by Crippen LogP contribution is -1.84. The summed E-state index contributed by atoms with van der Waals surface area (Å²) in [7, 11) is 0. The molecule has 0 N–H and O–H groups in total. The Labute approximate surface area is 848 Å². The highest BCUT2D eigenvalue weighted by molar-refractivity contribution is 9.11. The molecule has 0 radical (unpaired) electrons. The summed E-state index contributed by atoms with van der Waals surface area (Å²) < 4.78 is 19.1. The van der Waals surface area contributed by atoms with Crippen molar-refractivity contribution < 1.29 is 0 Å². The summed E-state index contributed by atoms with van der Waals surface area (Å²) in [5.41, 5.74) is 17.8. The van der Waals surface area contributed by atoms with Gasteiger partial charge in [-0.25, -0.2) is 0 Å². The second-order valence-corrected chi connectivity index (χ2v) is 43.9. The van der Waals surface area contributed by atoms with Gasteiger partial charge in [-0.05, 0) is 247 Å². The zero-order valence-corrected chi connectivity index (χ0v) is 84.7. The molecule has 0 saturated heterocycles. The molecule has 0 aliphatic rings. The first kappa shape index (κ1) is 86.0. The SMILES string of the molecule is Brc1cc(-c2ccccc2)cc(-c2cccc3c2sc2c4ccccc4ccc32)c1.Brc1ccc(-c2cc3sc4ccccc4c3c3ccccc23)cc1.Brc1ccc(-c2cccc(-c3cc4ccccc4c4c3sc3ccccc34)c2)cc1.Brc1ccc(-c2cccc3c2sc2c4ccccc4ccc32)cc1.Brc1ccc2cc(-c3cc4ccccc4c4c3sc3ccccc34)ccc2c1. The monoisotopic (exact) mass is 2140 g/mol. The lowest BCUT2D eigenvalue weighted by atomic mass is 9.94. The fourth-order valence-corrected chi connectivity index (χ4v) is 27.7. The Kier molecular flexibility index (Phi) is 23.4. The minimum absolute atomic E-state index is 1.10. The second-order valence-electron chi connectivity index (χ2n) is 34.1. The first-order chi connectivity index (χ1) is 66.9. The Morgan fingerprint density at radius 1 is 0.125 bits per heavy atom. The summed E-state index contributed by atoms with van der Waals surface area (Å²) in [5, 5.41) is 29.3. The van der Waals surface area contributed by atoms with Crippen molar-refractivity contribution in [2.75, 3.05) is 0 Å². The quantitative estimate of drug-likeness (QED) is 0.149. The highest BCUT2D eigenvalue weighted by Gasteiger charge is 2.22. The number of halogens is 5. The van der Waals surface area contributed by atoms with Crippen molar-refractivity contribution in [3.05, 3.63) is 477 Å². The summed E-state index contributed by atoms with van der Waals surface area (Å²) in [6.07, 6.45) is 0. The Balaban J connectivity index is 0.0000000932. The highest BCUT2D eigenvalue weighted by Crippen LogP contribution is 2.51. The molecule has 0 aliphatic carbocycles. The van der Waals surface area contributed by atoms with Crippen molar-refractivity contribution in [3.63, 3.8) is 0 Å². The van der Waals surface area contributed by atoms with Gasteiger partial charge in [-0.3, -0.25) is 0 Å². The van der Waals surface area contributed by atoms with Gasteiger partial charge < -0.3 is 0 Å². The van der Waals surface area contributed by atoms with Crippen molar-refractivity contribution >= 4 is 302 Å². The van der Waals surface area contributed by atoms with Crippen LogP contribution in [-0.2, 0) is 0 Å². The fourth-order valence-electron chi connectivity index (χ4n) is 19.6. The third-order valence-corrected chi connectivity index (χ3v) is 34.6. The van der Waals surface area contributed by atoms with Gasteiger partial charge in [0.1, 0.15) is 0 Å². The molecule has 644 valence electrons. The topological polar surface area (TPSA) is 0 Å². The van der Waals surface area contributed by atoms with Gasteiger partial charge in [-0.15, -0.1) is 56.7 Å². The van der Waals surface area contributed by atoms with Gasteiger partial charge in [-0.1, -0.05) is 419 Å². The van der Waals surface area contributed by atoms with Gasteiger partial charge in [0.15, 0.2) is 0 Å². The third kappa shape index (κ3) is 16.3. The highest BCUT2D eigenvalue weighted by atomic mass is 79.9. The zero-order chi connectivity index (χ0) is 91.0. The summed E-state index contributed by atoms with van der Waals surface area (Å²) >= 11 is 27.4. The van der Waals surface area contributed by atoms with E-state index in [2.05, 4.69) is 535 Å². The molecule has 23 aromatic carbocycles. The first-order valence-corrected chi connectivity index (χ1v) is 53.1. The van der Waals surface area contributed by atoms with Crippen molar-refractivity contribution in [1.29, 1.82) is 0 Å². The average Bonchev–Trinajstić information content (AvgIpc) is 1.57. The molecule has 0 unspecified atom stereocenters. The van der Waals surface area contributed by atoms with E-state index < -0.39 is 0 Å². The van der Waals surface area contributed by atoms with Gasteiger partial charge in [0.25, 0.3) is 0 Å². The molecule has 0 atom stereocenters. The van der Waals surface area contributed by atoms with E-state index in [0.717, 1.165) is 22.4 Å². The Morgan fingerprint density at radius 3 is 1.04 bits per heavy atom. The van der Waals surface area contributed by atoms with Crippen LogP contribution in [0.2, 0.25) is 0 Å². The van der Waals surface area contributed by atoms with Crippen LogP contribution in [0.5, 0.6) is 0 Å². The van der Waals surface area contributed by atoms with Gasteiger partial charge in [0.05, 0.1) is 0 Å². The van der Waals surface area contributed by atoms with E-state index >= 15 is 0 Å². The molecule has 28 aromatic rings. The smallest absolute Gasteiger partial charge is 0.0440 e. The predicted molar refractivity (Wildman–Crippen MR) is 618 cm³/mol. The molecule has 0 saturated carbocycles. The van der Waals surface area contributed by atoms with Crippen LogP contribution in [0.1, 0.15) is 0 Å². The van der Waals surface area contributed by atoms with Crippen molar-refractivity contribution in [1.82, 2.24) is 0 Å². The van der Waals surface area contributed by atoms with E-state index in [9.17, 15) is 0 Å². The van der Waals surface area contributed by atoms with Crippen LogP contribution < -0.4 is 0 Å². The van der Waals surface area contributed by atoms with Crippen LogP contribution >= 0.6 is 136 Å². The van der Waals surface area contributed by atoms with Crippen LogP contribution in [0, 0.1) is 0 Å². The number of benzene rings is 23. The Hall–Kier alpha value is -12.9. The summed E-state index contributed by atoms with van der Waals surface area (Å²) in [6, 6.07) is 164. The number of hydrogen-bond donors (Lipinski definition) is 0. The molecule has 28 rings (SSSR count). The van der Waals surface area contributed by atoms with E-state index in [1.165, 1.54) is 243 Å². The molecule has 0 spiro atoms. The van der Waals surface area contributed by atoms with Crippen LogP contribution in [0.15, 0.2) is 477 Å². The van der Waals surface area contributed by atoms with E-state index in [1.54, 1.807) is 0 Å². The maximum absolute atomic E-state index is 3.74. The number of hydrogen-bond acceptors (Lipinski definition) is 5. The van der Waals surface area contributed by atoms with E-state index in [-0.39, 0.29) is 0 Å². The summed E-state index contributed by atoms with van der Waals surface area (Å²) in [5.74, 6) is 0. The minimum Gasteiger partial charge on any atom is -0.135 e. The third-order valence-electron chi connectivity index (χ3n) is 26.0. The second kappa shape index (κ2) is 37.0.